The second-order valence-electron chi connectivity index (χ2n) is 4.10. The molecule has 1 aromatic heterocycles. The van der Waals surface area contributed by atoms with E-state index in [1.807, 2.05) is 0 Å². The van der Waals surface area contributed by atoms with Gasteiger partial charge in [-0.15, -0.1) is 0 Å². The lowest BCUT2D eigenvalue weighted by molar-refractivity contribution is 0.0708. The van der Waals surface area contributed by atoms with Crippen LogP contribution >= 0.6 is 0 Å². The minimum Gasteiger partial charge on any atom is -0.337 e. The van der Waals surface area contributed by atoms with Gasteiger partial charge in [0.2, 0.25) is 5.56 Å². The standard InChI is InChI=1S/C11H15N3O2/c12-9-2-1-5-14(7-9)11(16)8-3-4-10(15)13-6-8/h3-4,6,9H,1-2,5,7,12H2,(H,13,15)/t9-/m0/s1. The first-order valence-corrected chi connectivity index (χ1v) is 5.40. The summed E-state index contributed by atoms with van der Waals surface area (Å²) in [5.41, 5.74) is 6.12. The van der Waals surface area contributed by atoms with Crippen molar-refractivity contribution in [3.05, 3.63) is 34.2 Å². The van der Waals surface area contributed by atoms with Gasteiger partial charge in [-0.2, -0.15) is 0 Å². The minimum absolute atomic E-state index is 0.0635. The monoisotopic (exact) mass is 221 g/mol. The van der Waals surface area contributed by atoms with E-state index in [-0.39, 0.29) is 17.5 Å². The van der Waals surface area contributed by atoms with E-state index in [1.165, 1.54) is 12.3 Å². The molecule has 5 heteroatoms. The van der Waals surface area contributed by atoms with E-state index in [2.05, 4.69) is 4.98 Å². The Labute approximate surface area is 93.3 Å². The van der Waals surface area contributed by atoms with E-state index < -0.39 is 0 Å². The number of carbonyl (C=O) groups excluding carboxylic acids is 1. The molecule has 0 aliphatic carbocycles. The maximum Gasteiger partial charge on any atom is 0.255 e. The van der Waals surface area contributed by atoms with E-state index in [9.17, 15) is 9.59 Å². The van der Waals surface area contributed by atoms with Crippen molar-refractivity contribution in [2.24, 2.45) is 5.73 Å². The van der Waals surface area contributed by atoms with Gasteiger partial charge in [-0.1, -0.05) is 0 Å². The van der Waals surface area contributed by atoms with E-state index in [4.69, 9.17) is 5.73 Å². The molecule has 0 radical (unpaired) electrons. The average molecular weight is 221 g/mol. The fourth-order valence-corrected chi connectivity index (χ4v) is 1.92. The Morgan fingerprint density at radius 3 is 2.94 bits per heavy atom. The Bertz CT molecular complexity index is 421. The molecular formula is C11H15N3O2. The second-order valence-corrected chi connectivity index (χ2v) is 4.10. The van der Waals surface area contributed by atoms with Crippen molar-refractivity contribution in [2.75, 3.05) is 13.1 Å². The molecule has 1 fully saturated rings. The van der Waals surface area contributed by atoms with E-state index in [0.29, 0.717) is 12.1 Å². The van der Waals surface area contributed by atoms with Crippen molar-refractivity contribution >= 4 is 5.91 Å². The summed E-state index contributed by atoms with van der Waals surface area (Å²) < 4.78 is 0. The zero-order valence-electron chi connectivity index (χ0n) is 8.98. The molecule has 86 valence electrons. The normalized spacial score (nSPS) is 20.8. The molecule has 2 rings (SSSR count). The molecule has 0 aromatic carbocycles. The van der Waals surface area contributed by atoms with Crippen LogP contribution in [0, 0.1) is 0 Å². The van der Waals surface area contributed by atoms with Crippen LogP contribution in [-0.2, 0) is 0 Å². The van der Waals surface area contributed by atoms with Gasteiger partial charge in [0.05, 0.1) is 5.56 Å². The Kier molecular flexibility index (Phi) is 3.05. The molecule has 1 aliphatic rings. The predicted octanol–water partition coefficient (Wildman–Crippen LogP) is -0.0618. The van der Waals surface area contributed by atoms with Crippen LogP contribution in [0.15, 0.2) is 23.1 Å². The summed E-state index contributed by atoms with van der Waals surface area (Å²) in [6.45, 7) is 1.34. The molecule has 1 saturated heterocycles. The van der Waals surface area contributed by atoms with Crippen molar-refractivity contribution in [3.63, 3.8) is 0 Å². The molecule has 5 nitrogen and oxygen atoms in total. The van der Waals surface area contributed by atoms with Crippen LogP contribution in [0.25, 0.3) is 0 Å². The molecule has 0 bridgehead atoms. The van der Waals surface area contributed by atoms with E-state index in [1.54, 1.807) is 11.0 Å². The molecule has 1 atom stereocenters. The van der Waals surface area contributed by atoms with Crippen LogP contribution in [0.4, 0.5) is 0 Å². The third kappa shape index (κ3) is 2.30. The lowest BCUT2D eigenvalue weighted by Gasteiger charge is -2.30. The molecule has 1 aromatic rings. The van der Waals surface area contributed by atoms with Crippen LogP contribution < -0.4 is 11.3 Å². The molecular weight excluding hydrogens is 206 g/mol. The first-order chi connectivity index (χ1) is 7.66. The SMILES string of the molecule is N[C@H]1CCCN(C(=O)c2ccc(=O)[nH]c2)C1. The number of likely N-dealkylation sites (tertiary alicyclic amines) is 1. The van der Waals surface area contributed by atoms with Gasteiger partial charge in [-0.3, -0.25) is 9.59 Å². The molecule has 3 N–H and O–H groups in total. The van der Waals surface area contributed by atoms with Crippen molar-refractivity contribution in [1.82, 2.24) is 9.88 Å². The highest BCUT2D eigenvalue weighted by atomic mass is 16.2. The number of hydrogen-bond acceptors (Lipinski definition) is 3. The Hall–Kier alpha value is -1.62. The first kappa shape index (κ1) is 10.9. The highest BCUT2D eigenvalue weighted by molar-refractivity contribution is 5.93. The number of hydrogen-bond donors (Lipinski definition) is 2. The summed E-state index contributed by atoms with van der Waals surface area (Å²) in [7, 11) is 0. The first-order valence-electron chi connectivity index (χ1n) is 5.40. The fourth-order valence-electron chi connectivity index (χ4n) is 1.92. The van der Waals surface area contributed by atoms with Crippen LogP contribution in [0.3, 0.4) is 0 Å². The number of H-pyrrole nitrogens is 1. The van der Waals surface area contributed by atoms with Gasteiger partial charge in [0.15, 0.2) is 0 Å². The van der Waals surface area contributed by atoms with E-state index in [0.717, 1.165) is 19.4 Å². The molecule has 2 heterocycles. The van der Waals surface area contributed by atoms with Crippen molar-refractivity contribution in [1.29, 1.82) is 0 Å². The summed E-state index contributed by atoms with van der Waals surface area (Å²) in [4.78, 5) is 27.1. The largest absolute Gasteiger partial charge is 0.337 e. The molecule has 0 unspecified atom stereocenters. The van der Waals surface area contributed by atoms with Crippen LogP contribution in [0.1, 0.15) is 23.2 Å². The smallest absolute Gasteiger partial charge is 0.255 e. The van der Waals surface area contributed by atoms with E-state index >= 15 is 0 Å². The van der Waals surface area contributed by atoms with Crippen molar-refractivity contribution in [2.45, 2.75) is 18.9 Å². The molecule has 16 heavy (non-hydrogen) atoms. The highest BCUT2D eigenvalue weighted by Crippen LogP contribution is 2.11. The van der Waals surface area contributed by atoms with Crippen LogP contribution in [0.2, 0.25) is 0 Å². The third-order valence-electron chi connectivity index (χ3n) is 2.78. The third-order valence-corrected chi connectivity index (χ3v) is 2.78. The number of aromatic nitrogens is 1. The molecule has 1 amide bonds. The van der Waals surface area contributed by atoms with Crippen molar-refractivity contribution in [3.8, 4) is 0 Å². The van der Waals surface area contributed by atoms with Gasteiger partial charge in [-0.05, 0) is 18.9 Å². The lowest BCUT2D eigenvalue weighted by atomic mass is 10.1. The number of piperidine rings is 1. The Morgan fingerprint density at radius 2 is 2.31 bits per heavy atom. The quantitative estimate of drug-likeness (QED) is 0.697. The number of carbonyl (C=O) groups is 1. The second kappa shape index (κ2) is 4.49. The number of nitrogens with two attached hydrogens (primary N) is 1. The lowest BCUT2D eigenvalue weighted by Crippen LogP contribution is -2.45. The summed E-state index contributed by atoms with van der Waals surface area (Å²) >= 11 is 0. The Balaban J connectivity index is 2.12. The van der Waals surface area contributed by atoms with Gasteiger partial charge in [0.1, 0.15) is 0 Å². The zero-order chi connectivity index (χ0) is 11.5. The zero-order valence-corrected chi connectivity index (χ0v) is 8.98. The number of pyridine rings is 1. The van der Waals surface area contributed by atoms with Gasteiger partial charge in [0, 0.05) is 31.4 Å². The average Bonchev–Trinajstić information content (AvgIpc) is 2.29. The summed E-state index contributed by atoms with van der Waals surface area (Å²) in [6, 6.07) is 2.97. The van der Waals surface area contributed by atoms with Crippen LogP contribution in [-0.4, -0.2) is 34.9 Å². The Morgan fingerprint density at radius 1 is 1.50 bits per heavy atom. The predicted molar refractivity (Wildman–Crippen MR) is 60.2 cm³/mol. The molecule has 0 spiro atoms. The molecule has 0 saturated carbocycles. The minimum atomic E-state index is -0.202. The summed E-state index contributed by atoms with van der Waals surface area (Å²) in [5.74, 6) is -0.0635. The maximum absolute atomic E-state index is 12.0. The van der Waals surface area contributed by atoms with Crippen molar-refractivity contribution < 1.29 is 4.79 Å². The summed E-state index contributed by atoms with van der Waals surface area (Å²) in [5, 5.41) is 0. The fraction of sp³-hybridized carbons (Fsp3) is 0.455. The number of nitrogens with one attached hydrogen (secondary N) is 1. The number of amides is 1. The maximum atomic E-state index is 12.0. The van der Waals surface area contributed by atoms with Gasteiger partial charge in [0.25, 0.3) is 5.91 Å². The van der Waals surface area contributed by atoms with Crippen LogP contribution in [0.5, 0.6) is 0 Å². The number of aromatic amines is 1. The van der Waals surface area contributed by atoms with Gasteiger partial charge in [-0.25, -0.2) is 0 Å². The topological polar surface area (TPSA) is 79.2 Å². The number of rotatable bonds is 1. The number of nitrogens with zero attached hydrogens (tertiary/aromatic N) is 1. The highest BCUT2D eigenvalue weighted by Gasteiger charge is 2.22. The van der Waals surface area contributed by atoms with Gasteiger partial charge < -0.3 is 15.6 Å². The van der Waals surface area contributed by atoms with Gasteiger partial charge >= 0.3 is 0 Å². The molecule has 1 aliphatic heterocycles. The summed E-state index contributed by atoms with van der Waals surface area (Å²) in [6.07, 6.45) is 3.36.